The molecule has 0 radical (unpaired) electrons. The molecule has 6 atom stereocenters. The summed E-state index contributed by atoms with van der Waals surface area (Å²) in [5, 5.41) is 0. The molecule has 0 aromatic carbocycles. The second-order valence-electron chi connectivity index (χ2n) is 10.5. The van der Waals surface area contributed by atoms with Crippen LogP contribution >= 0.6 is 0 Å². The van der Waals surface area contributed by atoms with Crippen molar-refractivity contribution in [1.29, 1.82) is 0 Å². The minimum Gasteiger partial charge on any atom is -0.299 e. The van der Waals surface area contributed by atoms with E-state index in [1.807, 2.05) is 6.08 Å². The molecule has 0 amide bonds. The van der Waals surface area contributed by atoms with E-state index in [4.69, 9.17) is 0 Å². The molecule has 150 valence electrons. The number of carbonyl (C=O) groups excluding carboxylic acids is 2. The molecule has 0 aromatic rings. The molecule has 0 bridgehead atoms. The van der Waals surface area contributed by atoms with Gasteiger partial charge in [0.25, 0.3) is 0 Å². The molecular weight excluding hydrogens is 332 g/mol. The molecule has 2 heteroatoms. The Morgan fingerprint density at radius 2 is 1.81 bits per heavy atom. The monoisotopic (exact) mass is 370 g/mol. The van der Waals surface area contributed by atoms with Crippen LogP contribution in [0.3, 0.4) is 0 Å². The minimum absolute atomic E-state index is 0.0418. The van der Waals surface area contributed by atoms with E-state index in [0.717, 1.165) is 32.1 Å². The normalized spacial score (nSPS) is 43.7. The molecule has 3 fully saturated rings. The Bertz CT molecular complexity index is 647. The molecule has 4 aliphatic rings. The number of Topliss-reactive ketones (excluding diaryl/α,β-unsaturated/α-hetero) is 1. The molecular formula is C25H38O2. The zero-order valence-electron chi connectivity index (χ0n) is 17.7. The van der Waals surface area contributed by atoms with Crippen LogP contribution in [-0.2, 0) is 9.59 Å². The molecule has 0 heterocycles. The summed E-state index contributed by atoms with van der Waals surface area (Å²) < 4.78 is 0. The summed E-state index contributed by atoms with van der Waals surface area (Å²) in [5.41, 5.74) is 1.63. The van der Waals surface area contributed by atoms with E-state index in [1.165, 1.54) is 50.5 Å². The standard InChI is InChI=1S/C25H38O2/c1-4-5-6-7-8-17-15-19(26)16-18-9-10-20-21-11-12-23(27)24(21,2)14-13-22(20)25(17,18)3/h16-17,20-22H,4-15H2,1-3H3/t17?,20-,21-,22+,24-,25-/m0/s1. The van der Waals surface area contributed by atoms with Crippen LogP contribution in [0.4, 0.5) is 0 Å². The van der Waals surface area contributed by atoms with E-state index in [1.54, 1.807) is 0 Å². The Morgan fingerprint density at radius 3 is 2.59 bits per heavy atom. The molecule has 4 aliphatic carbocycles. The van der Waals surface area contributed by atoms with Crippen molar-refractivity contribution < 1.29 is 9.59 Å². The zero-order valence-corrected chi connectivity index (χ0v) is 17.7. The van der Waals surface area contributed by atoms with Gasteiger partial charge in [0.1, 0.15) is 5.78 Å². The Hall–Kier alpha value is -0.920. The van der Waals surface area contributed by atoms with E-state index in [2.05, 4.69) is 20.8 Å². The van der Waals surface area contributed by atoms with Gasteiger partial charge in [-0.1, -0.05) is 52.0 Å². The molecule has 0 spiro atoms. The fourth-order valence-corrected chi connectivity index (χ4v) is 7.76. The van der Waals surface area contributed by atoms with Crippen molar-refractivity contribution in [1.82, 2.24) is 0 Å². The molecule has 2 nitrogen and oxygen atoms in total. The van der Waals surface area contributed by atoms with Gasteiger partial charge in [-0.3, -0.25) is 9.59 Å². The van der Waals surface area contributed by atoms with E-state index in [9.17, 15) is 9.59 Å². The van der Waals surface area contributed by atoms with Crippen LogP contribution in [0.2, 0.25) is 0 Å². The number of carbonyl (C=O) groups is 2. The summed E-state index contributed by atoms with van der Waals surface area (Å²) in [5.74, 6) is 3.41. The van der Waals surface area contributed by atoms with Gasteiger partial charge >= 0.3 is 0 Å². The summed E-state index contributed by atoms with van der Waals surface area (Å²) in [7, 11) is 0. The number of rotatable bonds is 5. The molecule has 3 saturated carbocycles. The van der Waals surface area contributed by atoms with Gasteiger partial charge < -0.3 is 0 Å². The highest BCUT2D eigenvalue weighted by atomic mass is 16.1. The van der Waals surface area contributed by atoms with Crippen LogP contribution in [0, 0.1) is 34.5 Å². The van der Waals surface area contributed by atoms with Gasteiger partial charge in [0.05, 0.1) is 0 Å². The number of fused-ring (bicyclic) bond motifs is 5. The lowest BCUT2D eigenvalue weighted by Crippen LogP contribution is -2.53. The molecule has 27 heavy (non-hydrogen) atoms. The molecule has 4 rings (SSSR count). The summed E-state index contributed by atoms with van der Waals surface area (Å²) in [4.78, 5) is 25.1. The van der Waals surface area contributed by atoms with Gasteiger partial charge in [-0.15, -0.1) is 0 Å². The predicted octanol–water partition coefficient (Wildman–Crippen LogP) is 6.28. The first kappa shape index (κ1) is 19.4. The SMILES string of the molecule is CCCCCCC1CC(=O)C=C2CC[C@@H]3[C@@H](CC[C@]4(C)C(=O)CC[C@@H]34)[C@]21C. The Kier molecular flexibility index (Phi) is 5.14. The van der Waals surface area contributed by atoms with Crippen LogP contribution in [0.5, 0.6) is 0 Å². The first-order valence-electron chi connectivity index (χ1n) is 11.7. The largest absolute Gasteiger partial charge is 0.299 e. The molecule has 0 N–H and O–H groups in total. The number of allylic oxidation sites excluding steroid dienone is 1. The predicted molar refractivity (Wildman–Crippen MR) is 109 cm³/mol. The highest BCUT2D eigenvalue weighted by molar-refractivity contribution is 5.92. The van der Waals surface area contributed by atoms with Gasteiger partial charge in [-0.2, -0.15) is 0 Å². The van der Waals surface area contributed by atoms with Crippen LogP contribution in [0.1, 0.15) is 97.8 Å². The average molecular weight is 371 g/mol. The van der Waals surface area contributed by atoms with Crippen molar-refractivity contribution in [2.75, 3.05) is 0 Å². The van der Waals surface area contributed by atoms with E-state index in [0.29, 0.717) is 35.2 Å². The van der Waals surface area contributed by atoms with Crippen LogP contribution in [-0.4, -0.2) is 11.6 Å². The van der Waals surface area contributed by atoms with E-state index < -0.39 is 0 Å². The summed E-state index contributed by atoms with van der Waals surface area (Å²) >= 11 is 0. The lowest BCUT2D eigenvalue weighted by atomic mass is 9.45. The maximum absolute atomic E-state index is 12.6. The summed E-state index contributed by atoms with van der Waals surface area (Å²) in [6.07, 6.45) is 15.7. The molecule has 1 unspecified atom stereocenters. The second-order valence-corrected chi connectivity index (χ2v) is 10.5. The summed E-state index contributed by atoms with van der Waals surface area (Å²) in [6, 6.07) is 0. The van der Waals surface area contributed by atoms with Crippen molar-refractivity contribution >= 4 is 11.6 Å². The minimum atomic E-state index is -0.0418. The number of ketones is 2. The third-order valence-electron chi connectivity index (χ3n) is 9.39. The molecule has 0 aliphatic heterocycles. The Balaban J connectivity index is 1.61. The maximum atomic E-state index is 12.6. The van der Waals surface area contributed by atoms with E-state index >= 15 is 0 Å². The number of hydrogen-bond acceptors (Lipinski definition) is 2. The Labute approximate surface area is 165 Å². The van der Waals surface area contributed by atoms with Gasteiger partial charge in [0, 0.05) is 18.3 Å². The van der Waals surface area contributed by atoms with Gasteiger partial charge in [0.15, 0.2) is 5.78 Å². The fraction of sp³-hybridized carbons (Fsp3) is 0.840. The van der Waals surface area contributed by atoms with Crippen LogP contribution in [0.15, 0.2) is 11.6 Å². The third-order valence-corrected chi connectivity index (χ3v) is 9.39. The van der Waals surface area contributed by atoms with Gasteiger partial charge in [-0.05, 0) is 73.7 Å². The third kappa shape index (κ3) is 2.97. The zero-order chi connectivity index (χ0) is 19.2. The lowest BCUT2D eigenvalue weighted by molar-refractivity contribution is -0.134. The first-order valence-corrected chi connectivity index (χ1v) is 11.7. The van der Waals surface area contributed by atoms with Crippen molar-refractivity contribution in [3.05, 3.63) is 11.6 Å². The number of unbranched alkanes of at least 4 members (excludes halogenated alkanes) is 3. The lowest BCUT2D eigenvalue weighted by Gasteiger charge is -2.59. The highest BCUT2D eigenvalue weighted by Gasteiger charge is 2.60. The van der Waals surface area contributed by atoms with Crippen molar-refractivity contribution in [2.45, 2.75) is 97.8 Å². The smallest absolute Gasteiger partial charge is 0.155 e. The molecule has 0 saturated heterocycles. The van der Waals surface area contributed by atoms with Crippen molar-refractivity contribution in [3.8, 4) is 0 Å². The first-order chi connectivity index (χ1) is 12.9. The van der Waals surface area contributed by atoms with Crippen LogP contribution < -0.4 is 0 Å². The highest BCUT2D eigenvalue weighted by Crippen LogP contribution is 2.66. The van der Waals surface area contributed by atoms with Crippen LogP contribution in [0.25, 0.3) is 0 Å². The van der Waals surface area contributed by atoms with Gasteiger partial charge in [0.2, 0.25) is 0 Å². The second kappa shape index (κ2) is 7.16. The molecule has 0 aromatic heterocycles. The number of hydrogen-bond donors (Lipinski definition) is 0. The quantitative estimate of drug-likeness (QED) is 0.533. The van der Waals surface area contributed by atoms with E-state index in [-0.39, 0.29) is 10.8 Å². The van der Waals surface area contributed by atoms with Crippen molar-refractivity contribution in [3.63, 3.8) is 0 Å². The fourth-order valence-electron chi connectivity index (χ4n) is 7.76. The Morgan fingerprint density at radius 1 is 1.00 bits per heavy atom. The van der Waals surface area contributed by atoms with Crippen molar-refractivity contribution in [2.24, 2.45) is 34.5 Å². The van der Waals surface area contributed by atoms with Gasteiger partial charge in [-0.25, -0.2) is 0 Å². The summed E-state index contributed by atoms with van der Waals surface area (Å²) in [6.45, 7) is 7.04. The topological polar surface area (TPSA) is 34.1 Å². The average Bonchev–Trinajstić information content (AvgIpc) is 2.94. The maximum Gasteiger partial charge on any atom is 0.155 e.